The number of aryl methyl sites for hydroxylation is 1. The molecule has 4 aromatic rings. The van der Waals surface area contributed by atoms with Gasteiger partial charge in [-0.3, -0.25) is 4.79 Å². The summed E-state index contributed by atoms with van der Waals surface area (Å²) in [5.74, 6) is -1.09. The number of benzene rings is 2. The fraction of sp³-hybridized carbons (Fsp3) is 0.174. The summed E-state index contributed by atoms with van der Waals surface area (Å²) in [6, 6.07) is 12.5. The number of rotatable bonds is 6. The molecule has 0 fully saturated rings. The van der Waals surface area contributed by atoms with Gasteiger partial charge >= 0.3 is 0 Å². The van der Waals surface area contributed by atoms with Crippen LogP contribution < -0.4 is 5.32 Å². The van der Waals surface area contributed by atoms with Crippen LogP contribution in [-0.4, -0.2) is 20.7 Å². The van der Waals surface area contributed by atoms with Crippen molar-refractivity contribution in [3.63, 3.8) is 0 Å². The van der Waals surface area contributed by atoms with E-state index in [4.69, 9.17) is 0 Å². The number of thiazole rings is 1. The van der Waals surface area contributed by atoms with Crippen molar-refractivity contribution in [3.05, 3.63) is 93.8 Å². The van der Waals surface area contributed by atoms with Crippen LogP contribution in [0.2, 0.25) is 0 Å². The first-order chi connectivity index (χ1) is 14.9. The van der Waals surface area contributed by atoms with E-state index in [2.05, 4.69) is 15.4 Å². The Morgan fingerprint density at radius 2 is 1.94 bits per heavy atom. The van der Waals surface area contributed by atoms with Crippen LogP contribution in [0.3, 0.4) is 0 Å². The van der Waals surface area contributed by atoms with Crippen LogP contribution in [0, 0.1) is 25.5 Å². The van der Waals surface area contributed by atoms with Crippen LogP contribution >= 0.6 is 11.3 Å². The number of carbonyl (C=O) groups excluding carboxylic acids is 1. The lowest BCUT2D eigenvalue weighted by molar-refractivity contribution is -0.115. The summed E-state index contributed by atoms with van der Waals surface area (Å²) < 4.78 is 29.0. The Morgan fingerprint density at radius 1 is 1.13 bits per heavy atom. The molecule has 0 bridgehead atoms. The molecule has 0 aliphatic carbocycles. The molecule has 158 valence electrons. The van der Waals surface area contributed by atoms with Crippen molar-refractivity contribution in [2.45, 2.75) is 26.7 Å². The molecule has 4 rings (SSSR count). The summed E-state index contributed by atoms with van der Waals surface area (Å²) in [6.07, 6.45) is 0.596. The van der Waals surface area contributed by atoms with E-state index in [1.807, 2.05) is 19.9 Å². The Kier molecular flexibility index (Phi) is 5.90. The third-order valence-electron chi connectivity index (χ3n) is 4.92. The number of amides is 1. The van der Waals surface area contributed by atoms with E-state index >= 15 is 0 Å². The van der Waals surface area contributed by atoms with Crippen LogP contribution in [0.4, 0.5) is 14.5 Å². The molecule has 2 heterocycles. The Hall–Kier alpha value is -3.39. The van der Waals surface area contributed by atoms with Crippen molar-refractivity contribution >= 4 is 22.9 Å². The second kappa shape index (κ2) is 8.77. The Bertz CT molecular complexity index is 1250. The van der Waals surface area contributed by atoms with Gasteiger partial charge in [0.15, 0.2) is 0 Å². The van der Waals surface area contributed by atoms with Gasteiger partial charge in [-0.2, -0.15) is 5.10 Å². The number of nitrogens with zero attached hydrogens (tertiary/aromatic N) is 3. The highest BCUT2D eigenvalue weighted by Gasteiger charge is 2.17. The Morgan fingerprint density at radius 3 is 2.71 bits per heavy atom. The number of para-hydroxylation sites is 1. The molecule has 31 heavy (non-hydrogen) atoms. The summed E-state index contributed by atoms with van der Waals surface area (Å²) in [6.45, 7) is 3.86. The lowest BCUT2D eigenvalue weighted by Crippen LogP contribution is -2.15. The first-order valence-electron chi connectivity index (χ1n) is 9.69. The summed E-state index contributed by atoms with van der Waals surface area (Å²) in [5, 5.41) is 9.58. The summed E-state index contributed by atoms with van der Waals surface area (Å²) in [4.78, 5) is 16.8. The highest BCUT2D eigenvalue weighted by atomic mass is 32.1. The SMILES string of the molecule is Cc1nn(-c2nc(CC(=O)Nc3ccccc3F)cs2)c(C)c1Cc1cccc(F)c1. The lowest BCUT2D eigenvalue weighted by Gasteiger charge is -2.05. The van der Waals surface area contributed by atoms with E-state index < -0.39 is 5.82 Å². The minimum atomic E-state index is -0.483. The molecular weight excluding hydrogens is 418 g/mol. The molecule has 0 aliphatic heterocycles. The van der Waals surface area contributed by atoms with Crippen molar-refractivity contribution in [1.82, 2.24) is 14.8 Å². The van der Waals surface area contributed by atoms with Gasteiger partial charge in [0, 0.05) is 23.1 Å². The Labute approximate surface area is 182 Å². The third-order valence-corrected chi connectivity index (χ3v) is 5.79. The van der Waals surface area contributed by atoms with Gasteiger partial charge in [-0.1, -0.05) is 24.3 Å². The first-order valence-corrected chi connectivity index (χ1v) is 10.6. The fourth-order valence-corrected chi connectivity index (χ4v) is 4.19. The van der Waals surface area contributed by atoms with Crippen molar-refractivity contribution in [1.29, 1.82) is 0 Å². The van der Waals surface area contributed by atoms with Crippen LogP contribution in [0.15, 0.2) is 53.9 Å². The van der Waals surface area contributed by atoms with E-state index in [9.17, 15) is 13.6 Å². The zero-order valence-electron chi connectivity index (χ0n) is 17.0. The van der Waals surface area contributed by atoms with Gasteiger partial charge in [0.25, 0.3) is 0 Å². The van der Waals surface area contributed by atoms with E-state index in [1.54, 1.807) is 28.3 Å². The summed E-state index contributed by atoms with van der Waals surface area (Å²) in [7, 11) is 0. The van der Waals surface area contributed by atoms with Crippen molar-refractivity contribution in [2.75, 3.05) is 5.32 Å². The zero-order valence-corrected chi connectivity index (χ0v) is 17.8. The Balaban J connectivity index is 1.50. The summed E-state index contributed by atoms with van der Waals surface area (Å²) >= 11 is 1.37. The molecule has 0 saturated carbocycles. The second-order valence-corrected chi connectivity index (χ2v) is 8.03. The van der Waals surface area contributed by atoms with E-state index in [0.717, 1.165) is 22.5 Å². The van der Waals surface area contributed by atoms with E-state index in [-0.39, 0.29) is 23.8 Å². The van der Waals surface area contributed by atoms with Gasteiger partial charge in [0.05, 0.1) is 23.5 Å². The number of carbonyl (C=O) groups is 1. The third kappa shape index (κ3) is 4.69. The minimum absolute atomic E-state index is 0.0281. The maximum atomic E-state index is 13.7. The highest BCUT2D eigenvalue weighted by molar-refractivity contribution is 7.12. The van der Waals surface area contributed by atoms with Crippen LogP contribution in [0.5, 0.6) is 0 Å². The quantitative estimate of drug-likeness (QED) is 0.461. The molecule has 5 nitrogen and oxygen atoms in total. The smallest absolute Gasteiger partial charge is 0.230 e. The minimum Gasteiger partial charge on any atom is -0.323 e. The monoisotopic (exact) mass is 438 g/mol. The maximum Gasteiger partial charge on any atom is 0.230 e. The number of halogens is 2. The van der Waals surface area contributed by atoms with Crippen molar-refractivity contribution < 1.29 is 13.6 Å². The number of hydrogen-bond donors (Lipinski definition) is 1. The molecule has 2 aromatic heterocycles. The standard InChI is InChI=1S/C23H20F2N4OS/c1-14-19(11-16-6-5-7-17(24)10-16)15(2)29(28-14)23-26-18(13-31-23)12-22(30)27-21-9-4-3-8-20(21)25/h3-10,13H,11-12H2,1-2H3,(H,27,30). The van der Waals surface area contributed by atoms with Gasteiger partial charge in [0.2, 0.25) is 11.0 Å². The molecular formula is C23H20F2N4OS. The normalized spacial score (nSPS) is 11.0. The van der Waals surface area contributed by atoms with Crippen LogP contribution in [0.25, 0.3) is 5.13 Å². The van der Waals surface area contributed by atoms with Gasteiger partial charge < -0.3 is 5.32 Å². The average molecular weight is 439 g/mol. The average Bonchev–Trinajstić information content (AvgIpc) is 3.29. The van der Waals surface area contributed by atoms with E-state index in [0.29, 0.717) is 17.2 Å². The lowest BCUT2D eigenvalue weighted by atomic mass is 10.0. The molecule has 1 N–H and O–H groups in total. The largest absolute Gasteiger partial charge is 0.323 e. The van der Waals surface area contributed by atoms with Gasteiger partial charge in [0.1, 0.15) is 11.6 Å². The predicted molar refractivity (Wildman–Crippen MR) is 117 cm³/mol. The zero-order chi connectivity index (χ0) is 22.0. The molecule has 0 saturated heterocycles. The van der Waals surface area contributed by atoms with Crippen LogP contribution in [0.1, 0.15) is 28.2 Å². The van der Waals surface area contributed by atoms with Gasteiger partial charge in [-0.05, 0) is 43.7 Å². The molecule has 0 radical (unpaired) electrons. The van der Waals surface area contributed by atoms with E-state index in [1.165, 1.54) is 35.6 Å². The number of anilines is 1. The molecule has 1 amide bonds. The number of aromatic nitrogens is 3. The summed E-state index contributed by atoms with van der Waals surface area (Å²) in [5.41, 5.74) is 4.36. The molecule has 0 spiro atoms. The maximum absolute atomic E-state index is 13.7. The number of hydrogen-bond acceptors (Lipinski definition) is 4. The van der Waals surface area contributed by atoms with Crippen molar-refractivity contribution in [2.24, 2.45) is 0 Å². The first kappa shape index (κ1) is 20.9. The van der Waals surface area contributed by atoms with Gasteiger partial charge in [-0.15, -0.1) is 11.3 Å². The predicted octanol–water partition coefficient (Wildman–Crippen LogP) is 5.00. The second-order valence-electron chi connectivity index (χ2n) is 7.19. The molecule has 0 atom stereocenters. The molecule has 2 aromatic carbocycles. The highest BCUT2D eigenvalue weighted by Crippen LogP contribution is 2.24. The molecule has 0 unspecified atom stereocenters. The fourth-order valence-electron chi connectivity index (χ4n) is 3.36. The van der Waals surface area contributed by atoms with Crippen molar-refractivity contribution in [3.8, 4) is 5.13 Å². The van der Waals surface area contributed by atoms with Crippen LogP contribution in [-0.2, 0) is 17.6 Å². The topological polar surface area (TPSA) is 59.8 Å². The van der Waals surface area contributed by atoms with Gasteiger partial charge in [-0.25, -0.2) is 18.4 Å². The molecule has 0 aliphatic rings. The molecule has 8 heteroatoms. The number of nitrogens with one attached hydrogen (secondary N) is 1.